The third-order valence-corrected chi connectivity index (χ3v) is 7.07. The summed E-state index contributed by atoms with van der Waals surface area (Å²) in [5, 5.41) is 11.5. The van der Waals surface area contributed by atoms with E-state index in [1.54, 1.807) is 36.7 Å². The summed E-state index contributed by atoms with van der Waals surface area (Å²) < 4.78 is 5.45. The molecule has 1 aromatic heterocycles. The SMILES string of the molecule is COc1ccc(C)cc1/C(O)=C1\C(=O)C(=O)N(c2ccc(N3CCN(C)CC3)cc2)C1c1ccncc1. The number of carbonyl (C=O) groups is 2. The maximum absolute atomic E-state index is 13.4. The molecule has 1 N–H and O–H groups in total. The van der Waals surface area contributed by atoms with Crippen LogP contribution in [-0.4, -0.2) is 67.0 Å². The first-order valence-corrected chi connectivity index (χ1v) is 12.3. The van der Waals surface area contributed by atoms with Crippen LogP contribution in [0.4, 0.5) is 11.4 Å². The van der Waals surface area contributed by atoms with Gasteiger partial charge in [-0.05, 0) is 68.1 Å². The Hall–Kier alpha value is -4.17. The third kappa shape index (κ3) is 4.56. The van der Waals surface area contributed by atoms with Crippen molar-refractivity contribution >= 4 is 28.8 Å². The van der Waals surface area contributed by atoms with Crippen molar-refractivity contribution in [2.45, 2.75) is 13.0 Å². The number of amides is 1. The van der Waals surface area contributed by atoms with Gasteiger partial charge in [0.1, 0.15) is 11.5 Å². The van der Waals surface area contributed by atoms with Gasteiger partial charge < -0.3 is 19.6 Å². The lowest BCUT2D eigenvalue weighted by atomic mass is 9.95. The van der Waals surface area contributed by atoms with Gasteiger partial charge >= 0.3 is 0 Å². The van der Waals surface area contributed by atoms with Gasteiger partial charge in [-0.15, -0.1) is 0 Å². The van der Waals surface area contributed by atoms with Crippen LogP contribution < -0.4 is 14.5 Å². The Bertz CT molecular complexity index is 1350. The number of piperazine rings is 1. The maximum Gasteiger partial charge on any atom is 0.300 e. The zero-order valence-electron chi connectivity index (χ0n) is 21.2. The number of ketones is 1. The van der Waals surface area contributed by atoms with Crippen LogP contribution in [0.2, 0.25) is 0 Å². The van der Waals surface area contributed by atoms with Crippen molar-refractivity contribution in [1.29, 1.82) is 0 Å². The van der Waals surface area contributed by atoms with E-state index in [-0.39, 0.29) is 11.3 Å². The highest BCUT2D eigenvalue weighted by Gasteiger charge is 2.47. The van der Waals surface area contributed by atoms with Crippen molar-refractivity contribution in [2.75, 3.05) is 50.1 Å². The smallest absolute Gasteiger partial charge is 0.300 e. The molecule has 2 aliphatic heterocycles. The Morgan fingerprint density at radius 2 is 1.59 bits per heavy atom. The standard InChI is InChI=1S/C29H30N4O4/c1-19-4-9-24(37-3)23(18-19)27(34)25-26(20-10-12-30-13-11-20)33(29(36)28(25)35)22-7-5-21(6-8-22)32-16-14-31(2)15-17-32/h4-13,18,26,34H,14-17H2,1-3H3/b27-25+. The minimum atomic E-state index is -0.817. The van der Waals surface area contributed by atoms with Crippen LogP contribution in [0, 0.1) is 6.92 Å². The summed E-state index contributed by atoms with van der Waals surface area (Å²) in [4.78, 5) is 37.0. The number of pyridine rings is 1. The number of ether oxygens (including phenoxy) is 1. The number of aryl methyl sites for hydroxylation is 1. The van der Waals surface area contributed by atoms with Crippen molar-refractivity contribution in [3.05, 3.63) is 89.3 Å². The summed E-state index contributed by atoms with van der Waals surface area (Å²) in [7, 11) is 3.62. The average molecular weight is 499 g/mol. The predicted octanol–water partition coefficient (Wildman–Crippen LogP) is 3.78. The molecule has 1 atom stereocenters. The van der Waals surface area contributed by atoms with Gasteiger partial charge in [-0.2, -0.15) is 0 Å². The van der Waals surface area contributed by atoms with Crippen LogP contribution in [0.1, 0.15) is 22.7 Å². The van der Waals surface area contributed by atoms with E-state index in [4.69, 9.17) is 4.74 Å². The first-order chi connectivity index (χ1) is 17.9. The number of aliphatic hydroxyl groups is 1. The number of aromatic nitrogens is 1. The molecule has 8 heteroatoms. The summed E-state index contributed by atoms with van der Waals surface area (Å²) in [5.74, 6) is -1.29. The normalized spacial score (nSPS) is 19.9. The van der Waals surface area contributed by atoms with Crippen molar-refractivity contribution in [2.24, 2.45) is 0 Å². The summed E-state index contributed by atoms with van der Waals surface area (Å²) in [6, 6.07) is 15.7. The molecule has 190 valence electrons. The number of hydrogen-bond donors (Lipinski definition) is 1. The quantitative estimate of drug-likeness (QED) is 0.326. The Balaban J connectivity index is 1.60. The number of likely N-dealkylation sites (N-methyl/N-ethyl adjacent to an activating group) is 1. The van der Waals surface area contributed by atoms with E-state index >= 15 is 0 Å². The number of Topliss-reactive ketones (excluding diaryl/α,β-unsaturated/α-hetero) is 1. The summed E-state index contributed by atoms with van der Waals surface area (Å²) in [5.41, 5.74) is 3.59. The molecule has 0 aliphatic carbocycles. The third-order valence-electron chi connectivity index (χ3n) is 7.07. The molecule has 2 aliphatic rings. The molecule has 0 bridgehead atoms. The number of carbonyl (C=O) groups excluding carboxylic acids is 2. The number of rotatable bonds is 5. The molecule has 0 spiro atoms. The number of methoxy groups -OCH3 is 1. The van der Waals surface area contributed by atoms with Gasteiger partial charge in [-0.25, -0.2) is 0 Å². The Morgan fingerprint density at radius 1 is 0.946 bits per heavy atom. The van der Waals surface area contributed by atoms with Crippen molar-refractivity contribution in [3.8, 4) is 5.75 Å². The minimum absolute atomic E-state index is 0.0169. The Kier molecular flexibility index (Phi) is 6.67. The summed E-state index contributed by atoms with van der Waals surface area (Å²) in [6.45, 7) is 5.71. The summed E-state index contributed by atoms with van der Waals surface area (Å²) >= 11 is 0. The molecule has 37 heavy (non-hydrogen) atoms. The molecule has 1 amide bonds. The van der Waals surface area contributed by atoms with Crippen molar-refractivity contribution < 1.29 is 19.4 Å². The number of nitrogens with zero attached hydrogens (tertiary/aromatic N) is 4. The molecule has 0 radical (unpaired) electrons. The first kappa shape index (κ1) is 24.5. The first-order valence-electron chi connectivity index (χ1n) is 12.3. The lowest BCUT2D eigenvalue weighted by Gasteiger charge is -2.34. The summed E-state index contributed by atoms with van der Waals surface area (Å²) in [6.07, 6.45) is 3.22. The molecule has 8 nitrogen and oxygen atoms in total. The molecular weight excluding hydrogens is 468 g/mol. The molecule has 3 aromatic rings. The lowest BCUT2D eigenvalue weighted by molar-refractivity contribution is -0.132. The van der Waals surface area contributed by atoms with E-state index < -0.39 is 17.7 Å². The number of aliphatic hydroxyl groups excluding tert-OH is 1. The molecule has 3 heterocycles. The maximum atomic E-state index is 13.4. The van der Waals surface area contributed by atoms with Gasteiger partial charge in [-0.1, -0.05) is 11.6 Å². The van der Waals surface area contributed by atoms with Crippen LogP contribution in [0.3, 0.4) is 0 Å². The van der Waals surface area contributed by atoms with Crippen LogP contribution in [0.15, 0.2) is 72.6 Å². The second kappa shape index (κ2) is 10.1. The predicted molar refractivity (Wildman–Crippen MR) is 143 cm³/mol. The van der Waals surface area contributed by atoms with Gasteiger partial charge in [0.25, 0.3) is 11.7 Å². The van der Waals surface area contributed by atoms with E-state index in [0.29, 0.717) is 22.6 Å². The molecule has 5 rings (SSSR count). The highest BCUT2D eigenvalue weighted by atomic mass is 16.5. The number of anilines is 2. The number of hydrogen-bond acceptors (Lipinski definition) is 7. The second-order valence-electron chi connectivity index (χ2n) is 9.46. The fourth-order valence-corrected chi connectivity index (χ4v) is 5.00. The topological polar surface area (TPSA) is 86.2 Å². The molecule has 2 saturated heterocycles. The van der Waals surface area contributed by atoms with E-state index in [9.17, 15) is 14.7 Å². The molecule has 2 aromatic carbocycles. The highest BCUT2D eigenvalue weighted by molar-refractivity contribution is 6.51. The molecule has 2 fully saturated rings. The van der Waals surface area contributed by atoms with Gasteiger partial charge in [0.05, 0.1) is 24.3 Å². The van der Waals surface area contributed by atoms with E-state index in [1.165, 1.54) is 12.0 Å². The largest absolute Gasteiger partial charge is 0.507 e. The number of benzene rings is 2. The van der Waals surface area contributed by atoms with Gasteiger partial charge in [0.2, 0.25) is 0 Å². The Labute approximate surface area is 216 Å². The van der Waals surface area contributed by atoms with Crippen LogP contribution in [-0.2, 0) is 9.59 Å². The van der Waals surface area contributed by atoms with Gasteiger partial charge in [-0.3, -0.25) is 19.5 Å². The molecule has 0 saturated carbocycles. The van der Waals surface area contributed by atoms with Gasteiger partial charge in [0.15, 0.2) is 0 Å². The van der Waals surface area contributed by atoms with Crippen molar-refractivity contribution in [3.63, 3.8) is 0 Å². The van der Waals surface area contributed by atoms with Crippen LogP contribution in [0.25, 0.3) is 5.76 Å². The molecule has 1 unspecified atom stereocenters. The molecular formula is C29H30N4O4. The van der Waals surface area contributed by atoms with E-state index in [2.05, 4.69) is 21.8 Å². The minimum Gasteiger partial charge on any atom is -0.507 e. The Morgan fingerprint density at radius 3 is 2.24 bits per heavy atom. The zero-order valence-corrected chi connectivity index (χ0v) is 21.2. The average Bonchev–Trinajstić information content (AvgIpc) is 3.19. The zero-order chi connectivity index (χ0) is 26.1. The van der Waals surface area contributed by atoms with Gasteiger partial charge in [0, 0.05) is 49.9 Å². The van der Waals surface area contributed by atoms with E-state index in [1.807, 2.05) is 37.3 Å². The second-order valence-corrected chi connectivity index (χ2v) is 9.46. The lowest BCUT2D eigenvalue weighted by Crippen LogP contribution is -2.44. The van der Waals surface area contributed by atoms with E-state index in [0.717, 1.165) is 37.4 Å². The monoisotopic (exact) mass is 498 g/mol. The van der Waals surface area contributed by atoms with Crippen LogP contribution >= 0.6 is 0 Å². The van der Waals surface area contributed by atoms with Crippen LogP contribution in [0.5, 0.6) is 5.75 Å². The highest BCUT2D eigenvalue weighted by Crippen LogP contribution is 2.43. The van der Waals surface area contributed by atoms with Crippen molar-refractivity contribution in [1.82, 2.24) is 9.88 Å². The fraction of sp³-hybridized carbons (Fsp3) is 0.276. The fourth-order valence-electron chi connectivity index (χ4n) is 5.00.